The predicted octanol–water partition coefficient (Wildman–Crippen LogP) is 2.38. The summed E-state index contributed by atoms with van der Waals surface area (Å²) in [5, 5.41) is 9.01. The van der Waals surface area contributed by atoms with E-state index in [1.807, 2.05) is 25.1 Å². The second-order valence-electron chi connectivity index (χ2n) is 6.19. The Bertz CT molecular complexity index is 1060. The number of sulfone groups is 1. The van der Waals surface area contributed by atoms with Crippen LogP contribution in [0.25, 0.3) is 16.7 Å². The highest BCUT2D eigenvalue weighted by Gasteiger charge is 2.28. The van der Waals surface area contributed by atoms with Crippen molar-refractivity contribution in [2.75, 3.05) is 16.8 Å². The van der Waals surface area contributed by atoms with E-state index in [1.54, 1.807) is 10.9 Å². The van der Waals surface area contributed by atoms with Gasteiger partial charge in [-0.25, -0.2) is 23.1 Å². The fourth-order valence-electron chi connectivity index (χ4n) is 3.05. The van der Waals surface area contributed by atoms with Gasteiger partial charge in [0, 0.05) is 11.1 Å². The van der Waals surface area contributed by atoms with Crippen molar-refractivity contribution < 1.29 is 8.42 Å². The largest absolute Gasteiger partial charge is 0.366 e. The quantitative estimate of drug-likeness (QED) is 0.753. The van der Waals surface area contributed by atoms with Crippen LogP contribution in [0, 0.1) is 6.92 Å². The first-order valence-electron chi connectivity index (χ1n) is 7.85. The summed E-state index contributed by atoms with van der Waals surface area (Å²) < 4.78 is 25.0. The lowest BCUT2D eigenvalue weighted by atomic mass is 10.2. The van der Waals surface area contributed by atoms with Crippen LogP contribution in [0.5, 0.6) is 0 Å². The van der Waals surface area contributed by atoms with E-state index < -0.39 is 9.84 Å². The third-order valence-electron chi connectivity index (χ3n) is 4.34. The third kappa shape index (κ3) is 3.07. The summed E-state index contributed by atoms with van der Waals surface area (Å²) in [6, 6.07) is 5.45. The van der Waals surface area contributed by atoms with Crippen molar-refractivity contribution in [2.45, 2.75) is 19.4 Å². The molecule has 0 aliphatic carbocycles. The molecule has 25 heavy (non-hydrogen) atoms. The van der Waals surface area contributed by atoms with Crippen LogP contribution in [0.4, 0.5) is 5.82 Å². The molecule has 1 saturated heterocycles. The summed E-state index contributed by atoms with van der Waals surface area (Å²) in [5.41, 5.74) is 2.50. The average Bonchev–Trinajstić information content (AvgIpc) is 3.14. The van der Waals surface area contributed by atoms with Gasteiger partial charge in [0.15, 0.2) is 15.5 Å². The highest BCUT2D eigenvalue weighted by atomic mass is 35.5. The van der Waals surface area contributed by atoms with Crippen LogP contribution in [0.1, 0.15) is 12.0 Å². The minimum Gasteiger partial charge on any atom is -0.366 e. The smallest absolute Gasteiger partial charge is 0.168 e. The first kappa shape index (κ1) is 16.3. The molecule has 0 radical (unpaired) electrons. The lowest BCUT2D eigenvalue weighted by Gasteiger charge is -2.12. The van der Waals surface area contributed by atoms with Gasteiger partial charge in [-0.3, -0.25) is 0 Å². The highest BCUT2D eigenvalue weighted by Crippen LogP contribution is 2.26. The molecule has 0 spiro atoms. The van der Waals surface area contributed by atoms with Gasteiger partial charge in [0.25, 0.3) is 0 Å². The van der Waals surface area contributed by atoms with Crippen molar-refractivity contribution in [3.63, 3.8) is 0 Å². The predicted molar refractivity (Wildman–Crippen MR) is 97.1 cm³/mol. The van der Waals surface area contributed by atoms with Crippen molar-refractivity contribution in [2.24, 2.45) is 0 Å². The summed E-state index contributed by atoms with van der Waals surface area (Å²) >= 11 is 6.11. The molecular weight excluding hydrogens is 362 g/mol. The molecule has 1 aromatic carbocycles. The molecule has 1 atom stereocenters. The number of hydrogen-bond donors (Lipinski definition) is 1. The van der Waals surface area contributed by atoms with Crippen molar-refractivity contribution in [3.05, 3.63) is 41.3 Å². The first-order valence-corrected chi connectivity index (χ1v) is 10.0. The molecule has 0 saturated carbocycles. The highest BCUT2D eigenvalue weighted by molar-refractivity contribution is 7.91. The Morgan fingerprint density at radius 1 is 1.32 bits per heavy atom. The number of nitrogens with zero attached hydrogens (tertiary/aromatic N) is 4. The van der Waals surface area contributed by atoms with E-state index in [0.717, 1.165) is 16.6 Å². The van der Waals surface area contributed by atoms with Gasteiger partial charge in [0.2, 0.25) is 0 Å². The van der Waals surface area contributed by atoms with Crippen LogP contribution in [0.3, 0.4) is 0 Å². The Hall–Kier alpha value is -2.19. The van der Waals surface area contributed by atoms with Gasteiger partial charge in [0.05, 0.1) is 28.8 Å². The van der Waals surface area contributed by atoms with Gasteiger partial charge in [-0.15, -0.1) is 0 Å². The van der Waals surface area contributed by atoms with E-state index in [9.17, 15) is 8.42 Å². The van der Waals surface area contributed by atoms with Gasteiger partial charge < -0.3 is 5.32 Å². The number of nitrogens with one attached hydrogen (secondary N) is 1. The van der Waals surface area contributed by atoms with E-state index in [4.69, 9.17) is 11.6 Å². The van der Waals surface area contributed by atoms with Crippen LogP contribution in [0.2, 0.25) is 5.02 Å². The molecule has 0 unspecified atom stereocenters. The maximum atomic E-state index is 11.7. The summed E-state index contributed by atoms with van der Waals surface area (Å²) in [5.74, 6) is 0.929. The average molecular weight is 378 g/mol. The topological polar surface area (TPSA) is 89.8 Å². The van der Waals surface area contributed by atoms with Crippen LogP contribution in [0.15, 0.2) is 30.7 Å². The molecule has 1 fully saturated rings. The molecule has 3 aromatic rings. The fraction of sp³-hybridized carbons (Fsp3) is 0.312. The molecule has 7 nitrogen and oxygen atoms in total. The lowest BCUT2D eigenvalue weighted by Crippen LogP contribution is -2.21. The Morgan fingerprint density at radius 3 is 2.92 bits per heavy atom. The van der Waals surface area contributed by atoms with Gasteiger partial charge >= 0.3 is 0 Å². The van der Waals surface area contributed by atoms with E-state index in [0.29, 0.717) is 22.9 Å². The molecule has 0 bridgehead atoms. The van der Waals surface area contributed by atoms with E-state index >= 15 is 0 Å². The van der Waals surface area contributed by atoms with Gasteiger partial charge in [-0.2, -0.15) is 5.10 Å². The molecule has 0 amide bonds. The SMILES string of the molecule is Cc1ccc(Cl)cc1-n1ncc2c(N[C@H]3CCS(=O)(=O)C3)ncnc21. The van der Waals surface area contributed by atoms with E-state index in [1.165, 1.54) is 6.33 Å². The van der Waals surface area contributed by atoms with E-state index in [-0.39, 0.29) is 17.5 Å². The summed E-state index contributed by atoms with van der Waals surface area (Å²) in [6.45, 7) is 1.98. The number of hydrogen-bond acceptors (Lipinski definition) is 6. The second-order valence-corrected chi connectivity index (χ2v) is 8.86. The van der Waals surface area contributed by atoms with Gasteiger partial charge in [-0.1, -0.05) is 17.7 Å². The lowest BCUT2D eigenvalue weighted by molar-refractivity contribution is 0.602. The normalized spacial score (nSPS) is 19.4. The molecule has 1 N–H and O–H groups in total. The third-order valence-corrected chi connectivity index (χ3v) is 6.34. The Balaban J connectivity index is 1.75. The van der Waals surface area contributed by atoms with Crippen LogP contribution < -0.4 is 5.32 Å². The van der Waals surface area contributed by atoms with Crippen LogP contribution >= 0.6 is 11.6 Å². The second kappa shape index (κ2) is 5.96. The maximum Gasteiger partial charge on any atom is 0.168 e. The van der Waals surface area contributed by atoms with Crippen LogP contribution in [-0.4, -0.2) is 45.7 Å². The van der Waals surface area contributed by atoms with Crippen molar-refractivity contribution in [1.82, 2.24) is 19.7 Å². The maximum absolute atomic E-state index is 11.7. The molecule has 1 aliphatic heterocycles. The van der Waals surface area contributed by atoms with Crippen molar-refractivity contribution in [1.29, 1.82) is 0 Å². The zero-order valence-corrected chi connectivity index (χ0v) is 15.0. The summed E-state index contributed by atoms with van der Waals surface area (Å²) in [4.78, 5) is 8.61. The van der Waals surface area contributed by atoms with Crippen molar-refractivity contribution >= 4 is 38.3 Å². The minimum atomic E-state index is -2.96. The summed E-state index contributed by atoms with van der Waals surface area (Å²) in [6.07, 6.45) is 3.71. The Morgan fingerprint density at radius 2 is 2.16 bits per heavy atom. The number of aromatic nitrogens is 4. The number of halogens is 1. The molecule has 4 rings (SSSR count). The minimum absolute atomic E-state index is 0.125. The number of fused-ring (bicyclic) bond motifs is 1. The van der Waals surface area contributed by atoms with Crippen LogP contribution in [-0.2, 0) is 9.84 Å². The first-order chi connectivity index (χ1) is 11.9. The number of anilines is 1. The van der Waals surface area contributed by atoms with Gasteiger partial charge in [-0.05, 0) is 31.0 Å². The number of benzene rings is 1. The summed E-state index contributed by atoms with van der Waals surface area (Å²) in [7, 11) is -2.96. The molecular formula is C16H16ClN5O2S. The van der Waals surface area contributed by atoms with E-state index in [2.05, 4.69) is 20.4 Å². The Kier molecular flexibility index (Phi) is 3.88. The molecule has 2 aromatic heterocycles. The number of aryl methyl sites for hydroxylation is 1. The molecule has 3 heterocycles. The zero-order valence-electron chi connectivity index (χ0n) is 13.5. The zero-order chi connectivity index (χ0) is 17.6. The molecule has 9 heteroatoms. The van der Waals surface area contributed by atoms with Gasteiger partial charge in [0.1, 0.15) is 12.1 Å². The fourth-order valence-corrected chi connectivity index (χ4v) is 4.89. The molecule has 130 valence electrons. The van der Waals surface area contributed by atoms with Crippen molar-refractivity contribution in [3.8, 4) is 5.69 Å². The molecule has 1 aliphatic rings. The standard InChI is InChI=1S/C16H16ClN5O2S/c1-10-2-3-11(17)6-14(10)22-16-13(7-20-22)15(18-9-19-16)21-12-4-5-25(23,24)8-12/h2-3,6-7,9,12H,4-5,8H2,1H3,(H,18,19,21)/t12-/m0/s1. The Labute approximate surface area is 150 Å². The monoisotopic (exact) mass is 377 g/mol. The number of rotatable bonds is 3.